The van der Waals surface area contributed by atoms with Crippen LogP contribution in [-0.2, 0) is 13.0 Å². The Balaban J connectivity index is 2.01. The molecule has 0 aliphatic heterocycles. The molecule has 1 N–H and O–H groups in total. The number of hydrogen-bond donors (Lipinski definition) is 1. The number of unbranched alkanes of at least 4 members (excludes halogenated alkanes) is 1. The quantitative estimate of drug-likeness (QED) is 0.663. The molecule has 0 aliphatic rings. The van der Waals surface area contributed by atoms with E-state index < -0.39 is 0 Å². The zero-order valence-corrected chi connectivity index (χ0v) is 14.0. The number of para-hydroxylation sites is 1. The van der Waals surface area contributed by atoms with Gasteiger partial charge in [-0.1, -0.05) is 50.6 Å². The molecule has 2 aromatic carbocycles. The molecule has 0 aromatic heterocycles. The lowest BCUT2D eigenvalue weighted by molar-refractivity contribution is 0.309. The van der Waals surface area contributed by atoms with E-state index in [4.69, 9.17) is 4.74 Å². The van der Waals surface area contributed by atoms with Crippen LogP contribution in [-0.4, -0.2) is 6.61 Å². The Bertz CT molecular complexity index is 592. The second-order valence-corrected chi connectivity index (χ2v) is 5.67. The first-order chi connectivity index (χ1) is 10.7. The number of aryl methyl sites for hydroxylation is 2. The van der Waals surface area contributed by atoms with Crippen molar-refractivity contribution >= 4 is 5.69 Å². The maximum absolute atomic E-state index is 5.78. The average Bonchev–Trinajstić information content (AvgIpc) is 2.54. The van der Waals surface area contributed by atoms with Gasteiger partial charge in [-0.25, -0.2) is 0 Å². The Hall–Kier alpha value is -1.96. The lowest BCUT2D eigenvalue weighted by Gasteiger charge is -2.14. The number of anilines is 1. The average molecular weight is 297 g/mol. The highest BCUT2D eigenvalue weighted by molar-refractivity contribution is 5.57. The van der Waals surface area contributed by atoms with E-state index in [1.54, 1.807) is 0 Å². The molecule has 2 rings (SSSR count). The molecule has 2 nitrogen and oxygen atoms in total. The molecule has 0 bridgehead atoms. The third kappa shape index (κ3) is 4.52. The zero-order chi connectivity index (χ0) is 15.8. The van der Waals surface area contributed by atoms with Gasteiger partial charge in [-0.3, -0.25) is 0 Å². The zero-order valence-electron chi connectivity index (χ0n) is 14.0. The summed E-state index contributed by atoms with van der Waals surface area (Å²) in [5, 5.41) is 3.59. The minimum atomic E-state index is 0.797. The molecule has 0 saturated heterocycles. The molecule has 2 aromatic rings. The molecule has 2 heteroatoms. The molecule has 22 heavy (non-hydrogen) atoms. The van der Waals surface area contributed by atoms with Gasteiger partial charge in [-0.2, -0.15) is 0 Å². The van der Waals surface area contributed by atoms with Gasteiger partial charge in [0.05, 0.1) is 6.61 Å². The molecule has 0 aliphatic carbocycles. The van der Waals surface area contributed by atoms with Gasteiger partial charge in [0.15, 0.2) is 0 Å². The molecular weight excluding hydrogens is 270 g/mol. The molecule has 0 saturated carbocycles. The Morgan fingerprint density at radius 2 is 1.86 bits per heavy atom. The number of nitrogens with one attached hydrogen (secondary N) is 1. The summed E-state index contributed by atoms with van der Waals surface area (Å²) in [5.41, 5.74) is 5.19. The summed E-state index contributed by atoms with van der Waals surface area (Å²) in [6.07, 6.45) is 3.31. The van der Waals surface area contributed by atoms with Gasteiger partial charge in [0.1, 0.15) is 5.75 Å². The SMILES string of the molecule is CCCCOc1cccc(CNc2c(C)cccc2CC)c1. The number of ether oxygens (including phenoxy) is 1. The molecular formula is C20H27NO. The van der Waals surface area contributed by atoms with Gasteiger partial charge in [-0.15, -0.1) is 0 Å². The van der Waals surface area contributed by atoms with Gasteiger partial charge in [-0.05, 0) is 48.6 Å². The number of hydrogen-bond acceptors (Lipinski definition) is 2. The molecule has 0 fully saturated rings. The fraction of sp³-hybridized carbons (Fsp3) is 0.400. The summed E-state index contributed by atoms with van der Waals surface area (Å²) in [5.74, 6) is 0.966. The standard InChI is InChI=1S/C20H27NO/c1-4-6-13-22-19-12-8-10-17(14-19)15-21-20-16(3)9-7-11-18(20)5-2/h7-12,14,21H,4-6,13,15H2,1-3H3. The Morgan fingerprint density at radius 3 is 2.64 bits per heavy atom. The van der Waals surface area contributed by atoms with E-state index in [1.807, 2.05) is 6.07 Å². The fourth-order valence-corrected chi connectivity index (χ4v) is 2.55. The van der Waals surface area contributed by atoms with Crippen LogP contribution in [0.25, 0.3) is 0 Å². The molecule has 0 atom stereocenters. The topological polar surface area (TPSA) is 21.3 Å². The van der Waals surface area contributed by atoms with Crippen LogP contribution in [0.5, 0.6) is 5.75 Å². The van der Waals surface area contributed by atoms with E-state index in [1.165, 1.54) is 22.4 Å². The first kappa shape index (κ1) is 16.4. The van der Waals surface area contributed by atoms with Gasteiger partial charge < -0.3 is 10.1 Å². The number of rotatable bonds is 8. The van der Waals surface area contributed by atoms with Gasteiger partial charge in [0, 0.05) is 12.2 Å². The van der Waals surface area contributed by atoms with Crippen molar-refractivity contribution in [2.24, 2.45) is 0 Å². The summed E-state index contributed by atoms with van der Waals surface area (Å²) < 4.78 is 5.78. The van der Waals surface area contributed by atoms with E-state index in [9.17, 15) is 0 Å². The van der Waals surface area contributed by atoms with Crippen LogP contribution in [0.1, 0.15) is 43.4 Å². The van der Waals surface area contributed by atoms with Crippen molar-refractivity contribution in [3.05, 3.63) is 59.2 Å². The largest absolute Gasteiger partial charge is 0.494 e. The molecule has 0 amide bonds. The second-order valence-electron chi connectivity index (χ2n) is 5.67. The summed E-state index contributed by atoms with van der Waals surface area (Å²) in [6, 6.07) is 14.9. The highest BCUT2D eigenvalue weighted by Gasteiger charge is 2.04. The minimum Gasteiger partial charge on any atom is -0.494 e. The predicted octanol–water partition coefficient (Wildman–Crippen LogP) is 5.35. The fourth-order valence-electron chi connectivity index (χ4n) is 2.55. The Labute approximate surface area is 134 Å². The van der Waals surface area contributed by atoms with E-state index in [2.05, 4.69) is 62.5 Å². The lowest BCUT2D eigenvalue weighted by atomic mass is 10.1. The van der Waals surface area contributed by atoms with Gasteiger partial charge >= 0.3 is 0 Å². The summed E-state index contributed by atoms with van der Waals surface area (Å²) in [7, 11) is 0. The van der Waals surface area contributed by atoms with E-state index in [-0.39, 0.29) is 0 Å². The van der Waals surface area contributed by atoms with Crippen molar-refractivity contribution in [3.63, 3.8) is 0 Å². The third-order valence-electron chi connectivity index (χ3n) is 3.87. The van der Waals surface area contributed by atoms with Crippen molar-refractivity contribution in [2.45, 2.75) is 46.6 Å². The van der Waals surface area contributed by atoms with Crippen LogP contribution in [0.3, 0.4) is 0 Å². The minimum absolute atomic E-state index is 0.797. The third-order valence-corrected chi connectivity index (χ3v) is 3.87. The summed E-state index contributed by atoms with van der Waals surface area (Å²) in [6.45, 7) is 8.15. The molecule has 0 heterocycles. The monoisotopic (exact) mass is 297 g/mol. The normalized spacial score (nSPS) is 10.5. The van der Waals surface area contributed by atoms with E-state index in [0.29, 0.717) is 0 Å². The molecule has 0 unspecified atom stereocenters. The van der Waals surface area contributed by atoms with Crippen molar-refractivity contribution in [1.29, 1.82) is 0 Å². The van der Waals surface area contributed by atoms with Crippen LogP contribution in [0.2, 0.25) is 0 Å². The number of benzene rings is 2. The maximum atomic E-state index is 5.78. The van der Waals surface area contributed by atoms with Crippen molar-refractivity contribution in [2.75, 3.05) is 11.9 Å². The predicted molar refractivity (Wildman–Crippen MR) is 94.7 cm³/mol. The highest BCUT2D eigenvalue weighted by Crippen LogP contribution is 2.22. The lowest BCUT2D eigenvalue weighted by Crippen LogP contribution is -2.04. The van der Waals surface area contributed by atoms with Crippen molar-refractivity contribution < 1.29 is 4.74 Å². The summed E-state index contributed by atoms with van der Waals surface area (Å²) >= 11 is 0. The van der Waals surface area contributed by atoms with Gasteiger partial charge in [0.25, 0.3) is 0 Å². The van der Waals surface area contributed by atoms with Gasteiger partial charge in [0.2, 0.25) is 0 Å². The van der Waals surface area contributed by atoms with Crippen LogP contribution < -0.4 is 10.1 Å². The van der Waals surface area contributed by atoms with Crippen LogP contribution >= 0.6 is 0 Å². The van der Waals surface area contributed by atoms with Crippen LogP contribution in [0.15, 0.2) is 42.5 Å². The van der Waals surface area contributed by atoms with Crippen LogP contribution in [0, 0.1) is 6.92 Å². The second kappa shape index (κ2) is 8.47. The maximum Gasteiger partial charge on any atom is 0.119 e. The Morgan fingerprint density at radius 1 is 1.05 bits per heavy atom. The van der Waals surface area contributed by atoms with Crippen molar-refractivity contribution in [1.82, 2.24) is 0 Å². The first-order valence-electron chi connectivity index (χ1n) is 8.28. The smallest absolute Gasteiger partial charge is 0.119 e. The molecule has 0 spiro atoms. The van der Waals surface area contributed by atoms with E-state index >= 15 is 0 Å². The van der Waals surface area contributed by atoms with Crippen LogP contribution in [0.4, 0.5) is 5.69 Å². The van der Waals surface area contributed by atoms with E-state index in [0.717, 1.165) is 38.2 Å². The first-order valence-corrected chi connectivity index (χ1v) is 8.28. The highest BCUT2D eigenvalue weighted by atomic mass is 16.5. The molecule has 0 radical (unpaired) electrons. The summed E-state index contributed by atoms with van der Waals surface area (Å²) in [4.78, 5) is 0. The molecule has 118 valence electrons. The Kier molecular flexibility index (Phi) is 6.32. The van der Waals surface area contributed by atoms with Crippen molar-refractivity contribution in [3.8, 4) is 5.75 Å².